The van der Waals surface area contributed by atoms with Gasteiger partial charge in [-0.1, -0.05) is 19.3 Å². The fourth-order valence-electron chi connectivity index (χ4n) is 3.16. The van der Waals surface area contributed by atoms with Crippen molar-refractivity contribution in [3.05, 3.63) is 0 Å². The van der Waals surface area contributed by atoms with Gasteiger partial charge in [-0.05, 0) is 19.8 Å². The summed E-state index contributed by atoms with van der Waals surface area (Å²) in [5, 5.41) is 3.13. The van der Waals surface area contributed by atoms with Crippen LogP contribution in [0.4, 0.5) is 4.79 Å². The summed E-state index contributed by atoms with van der Waals surface area (Å²) in [7, 11) is 1.94. The standard InChI is InChI=1S/C15H29N3O2/c1-13(12-18-8-10-20-11-9-18)16-15(19)17(2)14-6-4-3-5-7-14/h13-14H,3-12H2,1-2H3,(H,16,19). The Hall–Kier alpha value is -0.810. The molecule has 0 aromatic carbocycles. The molecule has 0 radical (unpaired) electrons. The quantitative estimate of drug-likeness (QED) is 0.854. The summed E-state index contributed by atoms with van der Waals surface area (Å²) in [4.78, 5) is 16.5. The second-order valence-electron chi connectivity index (χ2n) is 6.17. The number of nitrogens with one attached hydrogen (secondary N) is 1. The molecule has 1 N–H and O–H groups in total. The van der Waals surface area contributed by atoms with Gasteiger partial charge in [0.05, 0.1) is 13.2 Å². The van der Waals surface area contributed by atoms with Crippen LogP contribution < -0.4 is 5.32 Å². The summed E-state index contributed by atoms with van der Waals surface area (Å²) in [5.41, 5.74) is 0. The summed E-state index contributed by atoms with van der Waals surface area (Å²) in [5.74, 6) is 0. The highest BCUT2D eigenvalue weighted by atomic mass is 16.5. The molecule has 2 amide bonds. The molecular weight excluding hydrogens is 254 g/mol. The molecule has 20 heavy (non-hydrogen) atoms. The monoisotopic (exact) mass is 283 g/mol. The molecule has 0 spiro atoms. The number of carbonyl (C=O) groups excluding carboxylic acids is 1. The minimum Gasteiger partial charge on any atom is -0.379 e. The third-order valence-corrected chi connectivity index (χ3v) is 4.45. The van der Waals surface area contributed by atoms with Gasteiger partial charge in [0.15, 0.2) is 0 Å². The molecule has 2 aliphatic rings. The largest absolute Gasteiger partial charge is 0.379 e. The second kappa shape index (κ2) is 7.84. The molecule has 1 unspecified atom stereocenters. The lowest BCUT2D eigenvalue weighted by molar-refractivity contribution is 0.0345. The number of rotatable bonds is 4. The van der Waals surface area contributed by atoms with Gasteiger partial charge >= 0.3 is 6.03 Å². The predicted molar refractivity (Wildman–Crippen MR) is 79.9 cm³/mol. The Balaban J connectivity index is 1.71. The van der Waals surface area contributed by atoms with Gasteiger partial charge in [0.25, 0.3) is 0 Å². The number of nitrogens with zero attached hydrogens (tertiary/aromatic N) is 2. The van der Waals surface area contributed by atoms with Crippen LogP contribution in [0.25, 0.3) is 0 Å². The first kappa shape index (κ1) is 15.6. The van der Waals surface area contributed by atoms with Crippen molar-refractivity contribution in [3.63, 3.8) is 0 Å². The topological polar surface area (TPSA) is 44.8 Å². The zero-order valence-electron chi connectivity index (χ0n) is 12.9. The van der Waals surface area contributed by atoms with Crippen molar-refractivity contribution in [1.29, 1.82) is 0 Å². The van der Waals surface area contributed by atoms with E-state index in [1.54, 1.807) is 0 Å². The highest BCUT2D eigenvalue weighted by molar-refractivity contribution is 5.74. The van der Waals surface area contributed by atoms with E-state index in [1.165, 1.54) is 19.3 Å². The molecule has 1 heterocycles. The number of morpholine rings is 1. The summed E-state index contributed by atoms with van der Waals surface area (Å²) < 4.78 is 5.34. The molecule has 1 saturated heterocycles. The second-order valence-corrected chi connectivity index (χ2v) is 6.17. The van der Waals surface area contributed by atoms with E-state index in [2.05, 4.69) is 17.1 Å². The fraction of sp³-hybridized carbons (Fsp3) is 0.933. The van der Waals surface area contributed by atoms with E-state index in [9.17, 15) is 4.79 Å². The van der Waals surface area contributed by atoms with Crippen molar-refractivity contribution in [1.82, 2.24) is 15.1 Å². The molecule has 2 fully saturated rings. The normalized spacial score (nSPS) is 23.3. The van der Waals surface area contributed by atoms with Crippen molar-refractivity contribution in [2.24, 2.45) is 0 Å². The Bertz CT molecular complexity index is 299. The number of urea groups is 1. The first-order chi connectivity index (χ1) is 9.66. The SMILES string of the molecule is CC(CN1CCOCC1)NC(=O)N(C)C1CCCCC1. The fourth-order valence-corrected chi connectivity index (χ4v) is 3.16. The van der Waals surface area contributed by atoms with Crippen LogP contribution in [0.1, 0.15) is 39.0 Å². The molecule has 0 aromatic heterocycles. The van der Waals surface area contributed by atoms with Crippen LogP contribution in [0.5, 0.6) is 0 Å². The van der Waals surface area contributed by atoms with Gasteiger partial charge in [0.2, 0.25) is 0 Å². The van der Waals surface area contributed by atoms with Crippen LogP contribution in [-0.2, 0) is 4.74 Å². The average molecular weight is 283 g/mol. The number of ether oxygens (including phenoxy) is 1. The number of hydrogen-bond acceptors (Lipinski definition) is 3. The van der Waals surface area contributed by atoms with E-state index in [0.717, 1.165) is 45.7 Å². The van der Waals surface area contributed by atoms with Gasteiger partial charge in [-0.15, -0.1) is 0 Å². The molecular formula is C15H29N3O2. The predicted octanol–water partition coefficient (Wildman–Crippen LogP) is 1.68. The maximum Gasteiger partial charge on any atom is 0.317 e. The minimum atomic E-state index is 0.0812. The van der Waals surface area contributed by atoms with E-state index in [4.69, 9.17) is 4.74 Å². The highest BCUT2D eigenvalue weighted by Crippen LogP contribution is 2.21. The van der Waals surface area contributed by atoms with Gasteiger partial charge < -0.3 is 15.0 Å². The first-order valence-corrected chi connectivity index (χ1v) is 8.00. The highest BCUT2D eigenvalue weighted by Gasteiger charge is 2.23. The van der Waals surface area contributed by atoms with Crippen molar-refractivity contribution in [2.75, 3.05) is 39.9 Å². The van der Waals surface area contributed by atoms with Gasteiger partial charge in [0.1, 0.15) is 0 Å². The van der Waals surface area contributed by atoms with Crippen LogP contribution in [0, 0.1) is 0 Å². The lowest BCUT2D eigenvalue weighted by atomic mass is 9.95. The Morgan fingerprint density at radius 2 is 1.95 bits per heavy atom. The Labute approximate surface area is 122 Å². The van der Waals surface area contributed by atoms with Crippen molar-refractivity contribution < 1.29 is 9.53 Å². The summed E-state index contributed by atoms with van der Waals surface area (Å²) in [6.45, 7) is 6.55. The maximum absolute atomic E-state index is 12.3. The van der Waals surface area contributed by atoms with Gasteiger partial charge in [0, 0.05) is 38.8 Å². The van der Waals surface area contributed by atoms with E-state index >= 15 is 0 Å². The molecule has 1 saturated carbocycles. The molecule has 1 atom stereocenters. The third-order valence-electron chi connectivity index (χ3n) is 4.45. The molecule has 2 rings (SSSR count). The molecule has 0 aromatic rings. The van der Waals surface area contributed by atoms with Crippen molar-refractivity contribution in [3.8, 4) is 0 Å². The van der Waals surface area contributed by atoms with Gasteiger partial charge in [-0.25, -0.2) is 4.79 Å². The summed E-state index contributed by atoms with van der Waals surface area (Å²) >= 11 is 0. The average Bonchev–Trinajstić information content (AvgIpc) is 2.48. The Morgan fingerprint density at radius 1 is 1.30 bits per heavy atom. The molecule has 1 aliphatic carbocycles. The van der Waals surface area contributed by atoms with E-state index in [1.807, 2.05) is 11.9 Å². The van der Waals surface area contributed by atoms with Gasteiger partial charge in [-0.2, -0.15) is 0 Å². The minimum absolute atomic E-state index is 0.0812. The molecule has 0 bridgehead atoms. The Morgan fingerprint density at radius 3 is 2.60 bits per heavy atom. The molecule has 5 nitrogen and oxygen atoms in total. The molecule has 1 aliphatic heterocycles. The van der Waals surface area contributed by atoms with Crippen LogP contribution in [0.3, 0.4) is 0 Å². The number of hydrogen-bond donors (Lipinski definition) is 1. The Kier molecular flexibility index (Phi) is 6.10. The zero-order valence-corrected chi connectivity index (χ0v) is 12.9. The number of carbonyl (C=O) groups is 1. The smallest absolute Gasteiger partial charge is 0.317 e. The van der Waals surface area contributed by atoms with E-state index in [0.29, 0.717) is 6.04 Å². The van der Waals surface area contributed by atoms with Crippen LogP contribution in [0.2, 0.25) is 0 Å². The van der Waals surface area contributed by atoms with Crippen LogP contribution >= 0.6 is 0 Å². The zero-order chi connectivity index (χ0) is 14.4. The van der Waals surface area contributed by atoms with Crippen molar-refractivity contribution >= 4 is 6.03 Å². The van der Waals surface area contributed by atoms with Gasteiger partial charge in [-0.3, -0.25) is 4.90 Å². The maximum atomic E-state index is 12.3. The van der Waals surface area contributed by atoms with E-state index in [-0.39, 0.29) is 12.1 Å². The first-order valence-electron chi connectivity index (χ1n) is 8.00. The lowest BCUT2D eigenvalue weighted by Gasteiger charge is -2.33. The third kappa shape index (κ3) is 4.63. The van der Waals surface area contributed by atoms with Crippen molar-refractivity contribution in [2.45, 2.75) is 51.1 Å². The summed E-state index contributed by atoms with van der Waals surface area (Å²) in [6, 6.07) is 0.698. The summed E-state index contributed by atoms with van der Waals surface area (Å²) in [6.07, 6.45) is 6.14. The lowest BCUT2D eigenvalue weighted by Crippen LogP contribution is -2.51. The molecule has 5 heteroatoms. The van der Waals surface area contributed by atoms with E-state index < -0.39 is 0 Å². The number of amides is 2. The van der Waals surface area contributed by atoms with Crippen LogP contribution in [-0.4, -0.2) is 67.8 Å². The van der Waals surface area contributed by atoms with Crippen LogP contribution in [0.15, 0.2) is 0 Å². The molecule has 116 valence electrons.